The van der Waals surface area contributed by atoms with E-state index in [0.717, 1.165) is 23.6 Å². The second kappa shape index (κ2) is 9.37. The van der Waals surface area contributed by atoms with E-state index < -0.39 is 11.8 Å². The van der Waals surface area contributed by atoms with Gasteiger partial charge < -0.3 is 14.5 Å². The van der Waals surface area contributed by atoms with Gasteiger partial charge in [0.05, 0.1) is 19.2 Å². The smallest absolute Gasteiger partial charge is 0.337 e. The molecule has 154 valence electrons. The fourth-order valence-corrected chi connectivity index (χ4v) is 3.56. The van der Waals surface area contributed by atoms with Gasteiger partial charge in [-0.15, -0.1) is 0 Å². The maximum Gasteiger partial charge on any atom is 0.337 e. The fraction of sp³-hybridized carbons (Fsp3) is 0.333. The molecule has 29 heavy (non-hydrogen) atoms. The van der Waals surface area contributed by atoms with Gasteiger partial charge in [0.2, 0.25) is 0 Å². The molecule has 0 radical (unpaired) electrons. The van der Waals surface area contributed by atoms with Gasteiger partial charge in [-0.05, 0) is 37.4 Å². The first-order chi connectivity index (χ1) is 13.9. The van der Waals surface area contributed by atoms with E-state index in [0.29, 0.717) is 24.3 Å². The largest absolute Gasteiger partial charge is 0.465 e. The molecule has 2 aromatic carbocycles. The van der Waals surface area contributed by atoms with E-state index >= 15 is 0 Å². The molecule has 2 aromatic rings. The van der Waals surface area contributed by atoms with E-state index in [9.17, 15) is 14.0 Å². The fourth-order valence-electron chi connectivity index (χ4n) is 3.17. The first-order valence-corrected chi connectivity index (χ1v) is 10.1. The number of carbonyl (C=O) groups excluding carboxylic acids is 2. The molecular formula is C21H23BrFN3O3. The number of carbonyl (C=O) groups is 2. The van der Waals surface area contributed by atoms with Crippen molar-refractivity contribution in [1.82, 2.24) is 9.80 Å². The zero-order valence-corrected chi connectivity index (χ0v) is 18.0. The van der Waals surface area contributed by atoms with Gasteiger partial charge in [0, 0.05) is 41.9 Å². The second-order valence-corrected chi connectivity index (χ2v) is 7.85. The summed E-state index contributed by atoms with van der Waals surface area (Å²) in [6, 6.07) is 11.3. The Hall–Kier alpha value is -2.45. The predicted octanol–water partition coefficient (Wildman–Crippen LogP) is 3.75. The van der Waals surface area contributed by atoms with Crippen LogP contribution in [-0.4, -0.2) is 62.1 Å². The number of amides is 2. The Bertz CT molecular complexity index is 900. The van der Waals surface area contributed by atoms with Crippen LogP contribution >= 0.6 is 15.9 Å². The Balaban J connectivity index is 1.89. The van der Waals surface area contributed by atoms with Crippen molar-refractivity contribution in [2.75, 3.05) is 45.2 Å². The lowest BCUT2D eigenvalue weighted by Crippen LogP contribution is -2.52. The monoisotopic (exact) mass is 463 g/mol. The lowest BCUT2D eigenvalue weighted by atomic mass is 10.1. The third-order valence-electron chi connectivity index (χ3n) is 4.93. The van der Waals surface area contributed by atoms with Gasteiger partial charge in [0.1, 0.15) is 5.82 Å². The number of benzene rings is 2. The lowest BCUT2D eigenvalue weighted by Gasteiger charge is -2.36. The van der Waals surface area contributed by atoms with Gasteiger partial charge in [-0.1, -0.05) is 28.1 Å². The molecule has 0 N–H and O–H groups in total. The summed E-state index contributed by atoms with van der Waals surface area (Å²) in [7, 11) is 3.27. The molecule has 6 nitrogen and oxygen atoms in total. The lowest BCUT2D eigenvalue weighted by molar-refractivity contribution is 0.0600. The van der Waals surface area contributed by atoms with Crippen LogP contribution in [0.4, 0.5) is 14.9 Å². The van der Waals surface area contributed by atoms with E-state index in [2.05, 4.69) is 25.6 Å². The van der Waals surface area contributed by atoms with Crippen LogP contribution in [0.2, 0.25) is 0 Å². The zero-order chi connectivity index (χ0) is 21.0. The van der Waals surface area contributed by atoms with Crippen molar-refractivity contribution >= 4 is 33.6 Å². The third kappa shape index (κ3) is 5.13. The number of hydrogen-bond donors (Lipinski definition) is 0. The van der Waals surface area contributed by atoms with Crippen LogP contribution in [0.15, 0.2) is 46.9 Å². The number of hydrogen-bond acceptors (Lipinski definition) is 4. The third-order valence-corrected chi connectivity index (χ3v) is 5.42. The first-order valence-electron chi connectivity index (χ1n) is 9.26. The van der Waals surface area contributed by atoms with Gasteiger partial charge >= 0.3 is 12.0 Å². The van der Waals surface area contributed by atoms with Gasteiger partial charge in [0.25, 0.3) is 0 Å². The summed E-state index contributed by atoms with van der Waals surface area (Å²) < 4.78 is 20.1. The minimum absolute atomic E-state index is 0.0505. The van der Waals surface area contributed by atoms with E-state index in [4.69, 9.17) is 0 Å². The number of halogens is 2. The van der Waals surface area contributed by atoms with Crippen LogP contribution in [0.3, 0.4) is 0 Å². The molecule has 0 aliphatic carbocycles. The molecule has 1 saturated heterocycles. The molecule has 3 rings (SSSR count). The minimum atomic E-state index is -0.604. The highest BCUT2D eigenvalue weighted by atomic mass is 79.9. The maximum absolute atomic E-state index is 14.7. The summed E-state index contributed by atoms with van der Waals surface area (Å²) in [4.78, 5) is 30.4. The summed E-state index contributed by atoms with van der Waals surface area (Å²) in [6.07, 6.45) is 0. The first kappa shape index (κ1) is 21.3. The van der Waals surface area contributed by atoms with Crippen molar-refractivity contribution in [3.05, 3.63) is 63.9 Å². The zero-order valence-electron chi connectivity index (χ0n) is 16.4. The normalized spacial score (nSPS) is 14.6. The summed E-state index contributed by atoms with van der Waals surface area (Å²) in [6.45, 7) is 2.86. The number of ether oxygens (including phenoxy) is 1. The number of anilines is 1. The van der Waals surface area contributed by atoms with E-state index in [-0.39, 0.29) is 18.1 Å². The maximum atomic E-state index is 14.7. The van der Waals surface area contributed by atoms with E-state index in [1.807, 2.05) is 31.3 Å². The highest BCUT2D eigenvalue weighted by molar-refractivity contribution is 9.10. The molecule has 0 saturated carbocycles. The molecule has 1 aliphatic rings. The van der Waals surface area contributed by atoms with Crippen molar-refractivity contribution in [3.8, 4) is 0 Å². The molecule has 0 atom stereocenters. The van der Waals surface area contributed by atoms with Crippen molar-refractivity contribution < 1.29 is 18.7 Å². The van der Waals surface area contributed by atoms with Crippen LogP contribution in [0, 0.1) is 5.82 Å². The van der Waals surface area contributed by atoms with Crippen LogP contribution in [0.1, 0.15) is 15.9 Å². The Labute approximate surface area is 178 Å². The van der Waals surface area contributed by atoms with Gasteiger partial charge in [-0.3, -0.25) is 4.90 Å². The van der Waals surface area contributed by atoms with Crippen molar-refractivity contribution in [1.29, 1.82) is 0 Å². The summed E-state index contributed by atoms with van der Waals surface area (Å²) in [5.74, 6) is -1.16. The van der Waals surface area contributed by atoms with E-state index in [1.165, 1.54) is 19.2 Å². The molecule has 8 heteroatoms. The number of esters is 1. The molecule has 1 aliphatic heterocycles. The molecule has 0 unspecified atom stereocenters. The van der Waals surface area contributed by atoms with Crippen LogP contribution < -0.4 is 4.90 Å². The van der Waals surface area contributed by atoms with Crippen molar-refractivity contribution in [2.24, 2.45) is 0 Å². The minimum Gasteiger partial charge on any atom is -0.465 e. The Morgan fingerprint density at radius 3 is 2.48 bits per heavy atom. The van der Waals surface area contributed by atoms with Gasteiger partial charge in [-0.2, -0.15) is 0 Å². The van der Waals surface area contributed by atoms with Crippen LogP contribution in [0.5, 0.6) is 0 Å². The molecular weight excluding hydrogens is 441 g/mol. The molecule has 0 aromatic heterocycles. The topological polar surface area (TPSA) is 53.1 Å². The van der Waals surface area contributed by atoms with Crippen LogP contribution in [0.25, 0.3) is 0 Å². The summed E-state index contributed by atoms with van der Waals surface area (Å²) in [5, 5.41) is 0. The van der Waals surface area contributed by atoms with Crippen molar-refractivity contribution in [3.63, 3.8) is 0 Å². The predicted molar refractivity (Wildman–Crippen MR) is 113 cm³/mol. The average Bonchev–Trinajstić information content (AvgIpc) is 2.72. The highest BCUT2D eigenvalue weighted by Crippen LogP contribution is 2.25. The SMILES string of the molecule is COC(=O)c1ccc(CN(C(=O)N2CCN(C)CC2)c2cccc(Br)c2)c(F)c1. The molecule has 2 amide bonds. The number of likely N-dealkylation sites (N-methyl/N-ethyl adjacent to an activating group) is 1. The van der Waals surface area contributed by atoms with Crippen LogP contribution in [-0.2, 0) is 11.3 Å². The quantitative estimate of drug-likeness (QED) is 0.647. The summed E-state index contributed by atoms with van der Waals surface area (Å²) >= 11 is 3.43. The number of rotatable bonds is 4. The number of urea groups is 1. The Morgan fingerprint density at radius 2 is 1.86 bits per heavy atom. The summed E-state index contributed by atoms with van der Waals surface area (Å²) in [5.41, 5.74) is 1.12. The molecule has 1 fully saturated rings. The Kier molecular flexibility index (Phi) is 6.87. The number of piperazine rings is 1. The number of nitrogens with zero attached hydrogens (tertiary/aromatic N) is 3. The Morgan fingerprint density at radius 1 is 1.14 bits per heavy atom. The molecule has 1 heterocycles. The van der Waals surface area contributed by atoms with Gasteiger partial charge in [0.15, 0.2) is 0 Å². The molecule has 0 bridgehead atoms. The van der Waals surface area contributed by atoms with Crippen molar-refractivity contribution in [2.45, 2.75) is 6.54 Å². The standard InChI is InChI=1S/C21H23BrFN3O3/c1-24-8-10-25(11-9-24)21(28)26(18-5-3-4-17(22)13-18)14-16-7-6-15(12-19(16)23)20(27)29-2/h3-7,12-13H,8-11,14H2,1-2H3. The highest BCUT2D eigenvalue weighted by Gasteiger charge is 2.26. The second-order valence-electron chi connectivity index (χ2n) is 6.94. The average molecular weight is 464 g/mol. The number of methoxy groups -OCH3 is 1. The van der Waals surface area contributed by atoms with E-state index in [1.54, 1.807) is 9.80 Å². The molecule has 0 spiro atoms. The van der Waals surface area contributed by atoms with Gasteiger partial charge in [-0.25, -0.2) is 14.0 Å².